The van der Waals surface area contributed by atoms with E-state index in [4.69, 9.17) is 0 Å². The highest BCUT2D eigenvalue weighted by Crippen LogP contribution is 2.29. The van der Waals surface area contributed by atoms with Crippen LogP contribution in [0.4, 0.5) is 5.82 Å². The van der Waals surface area contributed by atoms with Crippen molar-refractivity contribution in [3.05, 3.63) is 52.4 Å². The van der Waals surface area contributed by atoms with Crippen LogP contribution in [0.5, 0.6) is 0 Å². The number of nitrogens with one attached hydrogen (secondary N) is 1. The SMILES string of the molecule is Cc1cc(N2NCC(c3cccnc3)C2C=O)ncc1Br. The molecule has 21 heavy (non-hydrogen) atoms. The van der Waals surface area contributed by atoms with Gasteiger partial charge in [0.25, 0.3) is 0 Å². The molecule has 0 bridgehead atoms. The molecule has 0 spiro atoms. The van der Waals surface area contributed by atoms with Gasteiger partial charge in [0.05, 0.1) is 0 Å². The number of halogens is 1. The lowest BCUT2D eigenvalue weighted by atomic mass is 9.95. The average molecular weight is 347 g/mol. The van der Waals surface area contributed by atoms with Crippen LogP contribution >= 0.6 is 15.9 Å². The summed E-state index contributed by atoms with van der Waals surface area (Å²) in [5.74, 6) is 0.821. The van der Waals surface area contributed by atoms with Crippen LogP contribution in [0.1, 0.15) is 17.0 Å². The molecule has 5 nitrogen and oxygen atoms in total. The van der Waals surface area contributed by atoms with Crippen molar-refractivity contribution in [3.63, 3.8) is 0 Å². The number of hydrogen-bond donors (Lipinski definition) is 1. The topological polar surface area (TPSA) is 58.1 Å². The van der Waals surface area contributed by atoms with Crippen LogP contribution in [-0.2, 0) is 4.79 Å². The summed E-state index contributed by atoms with van der Waals surface area (Å²) in [5.41, 5.74) is 5.40. The second-order valence-corrected chi connectivity index (χ2v) is 5.90. The number of rotatable bonds is 3. The Morgan fingerprint density at radius 2 is 2.33 bits per heavy atom. The first kappa shape index (κ1) is 14.2. The maximum Gasteiger partial charge on any atom is 0.144 e. The van der Waals surface area contributed by atoms with E-state index >= 15 is 0 Å². The van der Waals surface area contributed by atoms with Gasteiger partial charge in [0.2, 0.25) is 0 Å². The minimum absolute atomic E-state index is 0.0713. The number of pyridine rings is 2. The number of anilines is 1. The van der Waals surface area contributed by atoms with E-state index in [0.717, 1.165) is 27.7 Å². The van der Waals surface area contributed by atoms with Crippen LogP contribution in [0.15, 0.2) is 41.3 Å². The summed E-state index contributed by atoms with van der Waals surface area (Å²) in [6, 6.07) is 5.56. The van der Waals surface area contributed by atoms with Crippen LogP contribution in [-0.4, -0.2) is 28.8 Å². The van der Waals surface area contributed by atoms with Crippen molar-refractivity contribution in [2.45, 2.75) is 18.9 Å². The van der Waals surface area contributed by atoms with Crippen molar-refractivity contribution in [2.24, 2.45) is 0 Å². The van der Waals surface area contributed by atoms with Crippen LogP contribution in [0.3, 0.4) is 0 Å². The third-order valence-electron chi connectivity index (χ3n) is 3.72. The van der Waals surface area contributed by atoms with Crippen molar-refractivity contribution in [1.29, 1.82) is 0 Å². The van der Waals surface area contributed by atoms with Crippen LogP contribution in [0.25, 0.3) is 0 Å². The van der Waals surface area contributed by atoms with Crippen molar-refractivity contribution < 1.29 is 4.79 Å². The summed E-state index contributed by atoms with van der Waals surface area (Å²) in [7, 11) is 0. The quantitative estimate of drug-likeness (QED) is 0.863. The Bertz CT molecular complexity index is 649. The minimum Gasteiger partial charge on any atom is -0.301 e. The Morgan fingerprint density at radius 3 is 3.00 bits per heavy atom. The molecule has 0 aliphatic carbocycles. The number of hydrogen-bond acceptors (Lipinski definition) is 5. The molecule has 3 rings (SSSR count). The molecule has 1 aliphatic heterocycles. The molecule has 1 aliphatic rings. The molecule has 0 radical (unpaired) electrons. The number of aryl methyl sites for hydroxylation is 1. The molecule has 2 aromatic rings. The van der Waals surface area contributed by atoms with Gasteiger partial charge in [-0.2, -0.15) is 0 Å². The standard InChI is InChI=1S/C15H15BrN4O/c1-10-5-15(18-8-13(10)16)20-14(9-21)12(7-19-20)11-3-2-4-17-6-11/h2-6,8-9,12,14,19H,7H2,1H3. The van der Waals surface area contributed by atoms with Gasteiger partial charge in [0.1, 0.15) is 18.1 Å². The van der Waals surface area contributed by atoms with E-state index in [1.165, 1.54) is 0 Å². The zero-order valence-electron chi connectivity index (χ0n) is 11.5. The molecule has 108 valence electrons. The van der Waals surface area contributed by atoms with E-state index < -0.39 is 0 Å². The van der Waals surface area contributed by atoms with Crippen molar-refractivity contribution in [3.8, 4) is 0 Å². The number of carbonyl (C=O) groups excluding carboxylic acids is 1. The molecule has 0 saturated carbocycles. The lowest BCUT2D eigenvalue weighted by molar-refractivity contribution is -0.109. The maximum absolute atomic E-state index is 11.6. The highest BCUT2D eigenvalue weighted by molar-refractivity contribution is 9.10. The van der Waals surface area contributed by atoms with Crippen LogP contribution in [0.2, 0.25) is 0 Å². The normalized spacial score (nSPS) is 21.5. The second-order valence-electron chi connectivity index (χ2n) is 5.04. The van der Waals surface area contributed by atoms with Gasteiger partial charge in [0.15, 0.2) is 0 Å². The van der Waals surface area contributed by atoms with Gasteiger partial charge < -0.3 is 4.79 Å². The summed E-state index contributed by atoms with van der Waals surface area (Å²) in [6.07, 6.45) is 6.27. The predicted octanol–water partition coefficient (Wildman–Crippen LogP) is 2.22. The molecule has 2 unspecified atom stereocenters. The molecule has 3 heterocycles. The van der Waals surface area contributed by atoms with Crippen LogP contribution < -0.4 is 10.4 Å². The highest BCUT2D eigenvalue weighted by Gasteiger charge is 2.36. The summed E-state index contributed by atoms with van der Waals surface area (Å²) < 4.78 is 0.955. The Hall–Kier alpha value is -1.79. The molecule has 6 heteroatoms. The predicted molar refractivity (Wildman–Crippen MR) is 84.0 cm³/mol. The monoisotopic (exact) mass is 346 g/mol. The van der Waals surface area contributed by atoms with Gasteiger partial charge >= 0.3 is 0 Å². The lowest BCUT2D eigenvalue weighted by Gasteiger charge is -2.24. The number of aldehydes is 1. The lowest BCUT2D eigenvalue weighted by Crippen LogP contribution is -2.39. The van der Waals surface area contributed by atoms with Crippen molar-refractivity contribution in [2.75, 3.05) is 11.6 Å². The van der Waals surface area contributed by atoms with E-state index in [-0.39, 0.29) is 12.0 Å². The van der Waals surface area contributed by atoms with Gasteiger partial charge in [-0.05, 0) is 46.1 Å². The molecule has 1 N–H and O–H groups in total. The molecule has 2 atom stereocenters. The third kappa shape index (κ3) is 2.69. The smallest absolute Gasteiger partial charge is 0.144 e. The Kier molecular flexibility index (Phi) is 3.98. The molecule has 1 saturated heterocycles. The van der Waals surface area contributed by atoms with Crippen molar-refractivity contribution in [1.82, 2.24) is 15.4 Å². The highest BCUT2D eigenvalue weighted by atomic mass is 79.9. The summed E-state index contributed by atoms with van der Waals surface area (Å²) in [6.45, 7) is 2.69. The fraction of sp³-hybridized carbons (Fsp3) is 0.267. The average Bonchev–Trinajstić information content (AvgIpc) is 2.94. The molecular weight excluding hydrogens is 332 g/mol. The zero-order valence-corrected chi connectivity index (χ0v) is 13.1. The first-order chi connectivity index (χ1) is 10.2. The van der Waals surface area contributed by atoms with Gasteiger partial charge in [-0.3, -0.25) is 9.99 Å². The number of hydrazine groups is 1. The Morgan fingerprint density at radius 1 is 1.48 bits per heavy atom. The van der Waals surface area contributed by atoms with E-state index in [1.54, 1.807) is 12.4 Å². The van der Waals surface area contributed by atoms with Crippen molar-refractivity contribution >= 4 is 28.0 Å². The van der Waals surface area contributed by atoms with Crippen LogP contribution in [0, 0.1) is 6.92 Å². The first-order valence-corrected chi connectivity index (χ1v) is 7.50. The largest absolute Gasteiger partial charge is 0.301 e. The summed E-state index contributed by atoms with van der Waals surface area (Å²) in [4.78, 5) is 20.1. The number of aromatic nitrogens is 2. The second kappa shape index (κ2) is 5.91. The fourth-order valence-electron chi connectivity index (χ4n) is 2.56. The minimum atomic E-state index is -0.290. The van der Waals surface area contributed by atoms with E-state index in [9.17, 15) is 4.79 Å². The van der Waals surface area contributed by atoms with E-state index in [2.05, 4.69) is 31.3 Å². The fourth-order valence-corrected chi connectivity index (χ4v) is 2.78. The molecule has 2 aromatic heterocycles. The van der Waals surface area contributed by atoms with Gasteiger partial charge in [-0.1, -0.05) is 6.07 Å². The van der Waals surface area contributed by atoms with E-state index in [0.29, 0.717) is 6.54 Å². The molecule has 0 amide bonds. The summed E-state index contributed by atoms with van der Waals surface area (Å²) >= 11 is 3.44. The number of nitrogens with zero attached hydrogens (tertiary/aromatic N) is 3. The van der Waals surface area contributed by atoms with E-state index in [1.807, 2.05) is 36.3 Å². The molecular formula is C15H15BrN4O. The van der Waals surface area contributed by atoms with Gasteiger partial charge in [-0.25, -0.2) is 10.4 Å². The first-order valence-electron chi connectivity index (χ1n) is 6.71. The zero-order chi connectivity index (χ0) is 14.8. The molecule has 0 aromatic carbocycles. The molecule has 1 fully saturated rings. The maximum atomic E-state index is 11.6. The van der Waals surface area contributed by atoms with Gasteiger partial charge in [-0.15, -0.1) is 0 Å². The Balaban J connectivity index is 1.91. The Labute approximate surface area is 131 Å². The summed E-state index contributed by atoms with van der Waals surface area (Å²) in [5, 5.41) is 1.84. The third-order valence-corrected chi connectivity index (χ3v) is 4.55. The van der Waals surface area contributed by atoms with Gasteiger partial charge in [0, 0.05) is 35.5 Å². The number of carbonyl (C=O) groups is 1.